The zero-order chi connectivity index (χ0) is 7.82. The van der Waals surface area contributed by atoms with E-state index in [1.807, 2.05) is 0 Å². The van der Waals surface area contributed by atoms with Gasteiger partial charge in [-0.15, -0.1) is 0 Å². The maximum Gasteiger partial charge on any atom is 0.0806 e. The van der Waals surface area contributed by atoms with Crippen LogP contribution in [0.5, 0.6) is 0 Å². The van der Waals surface area contributed by atoms with Gasteiger partial charge in [0.15, 0.2) is 0 Å². The van der Waals surface area contributed by atoms with Crippen LogP contribution in [-0.4, -0.2) is 24.4 Å². The summed E-state index contributed by atoms with van der Waals surface area (Å²) in [5.41, 5.74) is 0. The molecule has 0 radical (unpaired) electrons. The molecule has 0 spiro atoms. The average Bonchev–Trinajstić information content (AvgIpc) is 2.39. The van der Waals surface area contributed by atoms with Crippen LogP contribution in [0.25, 0.3) is 0 Å². The van der Waals surface area contributed by atoms with Crippen molar-refractivity contribution in [2.75, 3.05) is 13.2 Å². The van der Waals surface area contributed by atoms with Crippen LogP contribution in [0.3, 0.4) is 0 Å². The lowest BCUT2D eigenvalue weighted by molar-refractivity contribution is 0.0591. The Morgan fingerprint density at radius 1 is 1.80 bits per heavy atom. The van der Waals surface area contributed by atoms with Gasteiger partial charge >= 0.3 is 0 Å². The molecular formula is C7H13NO2. The van der Waals surface area contributed by atoms with Gasteiger partial charge in [0.05, 0.1) is 18.8 Å². The van der Waals surface area contributed by atoms with Crippen LogP contribution in [0.2, 0.25) is 0 Å². The fourth-order valence-corrected chi connectivity index (χ4v) is 0.788. The summed E-state index contributed by atoms with van der Waals surface area (Å²) in [5, 5.41) is 15.8. The Labute approximate surface area is 61.2 Å². The minimum Gasteiger partial charge on any atom is -0.394 e. The lowest BCUT2D eigenvalue weighted by Crippen LogP contribution is -2.09. The van der Waals surface area contributed by atoms with Crippen LogP contribution < -0.4 is 0 Å². The van der Waals surface area contributed by atoms with Gasteiger partial charge in [0.25, 0.3) is 0 Å². The number of rotatable bonds is 1. The molecule has 1 aliphatic rings. The number of hydrogen-bond acceptors (Lipinski definition) is 3. The first-order valence-corrected chi connectivity index (χ1v) is 3.38. The number of ether oxygens (including phenoxy) is 1. The fraction of sp³-hybridized carbons (Fsp3) is 0.857. The summed E-state index contributed by atoms with van der Waals surface area (Å²) in [6.45, 7) is 2.46. The molecule has 3 heteroatoms. The van der Waals surface area contributed by atoms with Gasteiger partial charge in [-0.05, 0) is 12.8 Å². The summed E-state index contributed by atoms with van der Waals surface area (Å²) in [6.07, 6.45) is 2.31. The van der Waals surface area contributed by atoms with Crippen molar-refractivity contribution in [3.8, 4) is 6.07 Å². The van der Waals surface area contributed by atoms with Crippen molar-refractivity contribution in [1.82, 2.24) is 0 Å². The molecule has 1 rings (SSSR count). The number of nitriles is 1. The second kappa shape index (κ2) is 6.53. The second-order valence-electron chi connectivity index (χ2n) is 2.04. The van der Waals surface area contributed by atoms with Crippen LogP contribution in [0.4, 0.5) is 0 Å². The third-order valence-electron chi connectivity index (χ3n) is 1.23. The van der Waals surface area contributed by atoms with E-state index in [2.05, 4.69) is 0 Å². The summed E-state index contributed by atoms with van der Waals surface area (Å²) in [4.78, 5) is 0. The molecule has 0 aromatic heterocycles. The summed E-state index contributed by atoms with van der Waals surface area (Å²) >= 11 is 0. The van der Waals surface area contributed by atoms with E-state index in [0.29, 0.717) is 0 Å². The minimum atomic E-state index is 0.153. The van der Waals surface area contributed by atoms with E-state index in [1.165, 1.54) is 6.92 Å². The average molecular weight is 143 g/mol. The van der Waals surface area contributed by atoms with Gasteiger partial charge in [0.2, 0.25) is 0 Å². The molecule has 0 amide bonds. The molecule has 1 unspecified atom stereocenters. The van der Waals surface area contributed by atoms with Gasteiger partial charge in [-0.3, -0.25) is 0 Å². The Morgan fingerprint density at radius 3 is 2.60 bits per heavy atom. The molecule has 1 N–H and O–H groups in total. The number of aliphatic hydroxyl groups is 1. The van der Waals surface area contributed by atoms with Crippen molar-refractivity contribution >= 4 is 0 Å². The van der Waals surface area contributed by atoms with Crippen LogP contribution >= 0.6 is 0 Å². The summed E-state index contributed by atoms with van der Waals surface area (Å²) in [7, 11) is 0. The van der Waals surface area contributed by atoms with Gasteiger partial charge in [0, 0.05) is 13.5 Å². The van der Waals surface area contributed by atoms with Crippen molar-refractivity contribution in [3.63, 3.8) is 0 Å². The van der Waals surface area contributed by atoms with Crippen LogP contribution in [0.1, 0.15) is 19.8 Å². The van der Waals surface area contributed by atoms with Crippen molar-refractivity contribution in [3.05, 3.63) is 0 Å². The maximum absolute atomic E-state index is 8.44. The zero-order valence-corrected chi connectivity index (χ0v) is 6.21. The van der Waals surface area contributed by atoms with Gasteiger partial charge in [-0.1, -0.05) is 0 Å². The first-order valence-electron chi connectivity index (χ1n) is 3.38. The van der Waals surface area contributed by atoms with E-state index in [9.17, 15) is 0 Å². The third-order valence-corrected chi connectivity index (χ3v) is 1.23. The van der Waals surface area contributed by atoms with Gasteiger partial charge in [0.1, 0.15) is 0 Å². The molecule has 1 aliphatic heterocycles. The standard InChI is InChI=1S/C5H10O2.C2H3N/c6-4-5-2-1-3-7-5;1-2-3/h5-6H,1-4H2;1H3. The largest absolute Gasteiger partial charge is 0.394 e. The molecule has 0 aromatic rings. The lowest BCUT2D eigenvalue weighted by atomic mass is 10.2. The van der Waals surface area contributed by atoms with Gasteiger partial charge in [-0.25, -0.2) is 0 Å². The molecule has 3 nitrogen and oxygen atoms in total. The molecule has 1 heterocycles. The highest BCUT2D eigenvalue weighted by Crippen LogP contribution is 2.09. The van der Waals surface area contributed by atoms with Crippen molar-refractivity contribution in [2.24, 2.45) is 0 Å². The predicted molar refractivity (Wildman–Crippen MR) is 37.3 cm³/mol. The van der Waals surface area contributed by atoms with Gasteiger partial charge in [-0.2, -0.15) is 5.26 Å². The van der Waals surface area contributed by atoms with E-state index in [-0.39, 0.29) is 12.7 Å². The number of nitrogens with zero attached hydrogens (tertiary/aromatic N) is 1. The SMILES string of the molecule is CC#N.OCC1CCCO1. The minimum absolute atomic E-state index is 0.153. The smallest absolute Gasteiger partial charge is 0.0806 e. The van der Waals surface area contributed by atoms with Crippen LogP contribution in [0, 0.1) is 11.3 Å². The number of aliphatic hydroxyl groups excluding tert-OH is 1. The van der Waals surface area contributed by atoms with Crippen molar-refractivity contribution < 1.29 is 9.84 Å². The highest BCUT2D eigenvalue weighted by molar-refractivity contribution is 4.61. The molecule has 0 bridgehead atoms. The molecule has 0 aliphatic carbocycles. The maximum atomic E-state index is 8.44. The fourth-order valence-electron chi connectivity index (χ4n) is 0.788. The Morgan fingerprint density at radius 2 is 2.40 bits per heavy atom. The lowest BCUT2D eigenvalue weighted by Gasteiger charge is -2.00. The normalized spacial score (nSPS) is 22.7. The zero-order valence-electron chi connectivity index (χ0n) is 6.21. The molecule has 0 aromatic carbocycles. The topological polar surface area (TPSA) is 53.2 Å². The Hall–Kier alpha value is -0.590. The van der Waals surface area contributed by atoms with E-state index in [1.54, 1.807) is 6.07 Å². The molecule has 58 valence electrons. The second-order valence-corrected chi connectivity index (χ2v) is 2.04. The molecule has 1 saturated heterocycles. The van der Waals surface area contributed by atoms with Gasteiger partial charge < -0.3 is 9.84 Å². The summed E-state index contributed by atoms with van der Waals surface area (Å²) < 4.78 is 5.05. The Balaban J connectivity index is 0.000000236. The van der Waals surface area contributed by atoms with Crippen LogP contribution in [0.15, 0.2) is 0 Å². The van der Waals surface area contributed by atoms with Crippen molar-refractivity contribution in [1.29, 1.82) is 5.26 Å². The first-order chi connectivity index (χ1) is 4.85. The predicted octanol–water partition coefficient (Wildman–Crippen LogP) is 0.688. The Bertz CT molecular complexity index is 103. The van der Waals surface area contributed by atoms with E-state index < -0.39 is 0 Å². The molecular weight excluding hydrogens is 130 g/mol. The monoisotopic (exact) mass is 143 g/mol. The summed E-state index contributed by atoms with van der Waals surface area (Å²) in [6, 6.07) is 1.75. The molecule has 1 atom stereocenters. The highest BCUT2D eigenvalue weighted by atomic mass is 16.5. The van der Waals surface area contributed by atoms with Crippen molar-refractivity contribution in [2.45, 2.75) is 25.9 Å². The molecule has 1 fully saturated rings. The molecule has 10 heavy (non-hydrogen) atoms. The van der Waals surface area contributed by atoms with E-state index in [4.69, 9.17) is 15.1 Å². The summed E-state index contributed by atoms with van der Waals surface area (Å²) in [5.74, 6) is 0. The quantitative estimate of drug-likeness (QED) is 0.587. The van der Waals surface area contributed by atoms with E-state index in [0.717, 1.165) is 19.4 Å². The first kappa shape index (κ1) is 9.41. The highest BCUT2D eigenvalue weighted by Gasteiger charge is 2.12. The third kappa shape index (κ3) is 4.30. The van der Waals surface area contributed by atoms with Crippen LogP contribution in [-0.2, 0) is 4.74 Å². The Kier molecular flexibility index (Phi) is 6.14. The molecule has 0 saturated carbocycles. The van der Waals surface area contributed by atoms with E-state index >= 15 is 0 Å². The number of hydrogen-bond donors (Lipinski definition) is 1.